The molecule has 0 bridgehead atoms. The third-order valence-corrected chi connectivity index (χ3v) is 6.48. The predicted octanol–water partition coefficient (Wildman–Crippen LogP) is 3.83. The van der Waals surface area contributed by atoms with Crippen molar-refractivity contribution >= 4 is 29.4 Å². The van der Waals surface area contributed by atoms with E-state index in [-0.39, 0.29) is 18.8 Å². The molecular weight excluding hydrogens is 404 g/mol. The van der Waals surface area contributed by atoms with Gasteiger partial charge < -0.3 is 19.1 Å². The first-order chi connectivity index (χ1) is 14.4. The van der Waals surface area contributed by atoms with Crippen molar-refractivity contribution in [3.63, 3.8) is 0 Å². The Balaban J connectivity index is 2.03. The lowest BCUT2D eigenvalue weighted by molar-refractivity contribution is -0.139. The number of methoxy groups -OCH3 is 1. The highest BCUT2D eigenvalue weighted by molar-refractivity contribution is 7.15. The van der Waals surface area contributed by atoms with Gasteiger partial charge in [-0.1, -0.05) is 0 Å². The molecule has 1 aliphatic carbocycles. The molecule has 2 heterocycles. The van der Waals surface area contributed by atoms with Crippen molar-refractivity contribution < 1.29 is 24.2 Å². The fraction of sp³-hybridized carbons (Fsp3) is 0.409. The molecule has 0 spiro atoms. The second-order valence-electron chi connectivity index (χ2n) is 7.16. The van der Waals surface area contributed by atoms with Crippen LogP contribution in [0.25, 0.3) is 11.1 Å². The van der Waals surface area contributed by atoms with E-state index >= 15 is 0 Å². The van der Waals surface area contributed by atoms with Gasteiger partial charge in [-0.25, -0.2) is 9.59 Å². The fourth-order valence-electron chi connectivity index (χ4n) is 3.76. The first-order valence-corrected chi connectivity index (χ1v) is 10.6. The number of esters is 1. The van der Waals surface area contributed by atoms with Gasteiger partial charge in [0.15, 0.2) is 0 Å². The second kappa shape index (κ2) is 9.28. The Morgan fingerprint density at radius 2 is 2.03 bits per heavy atom. The Kier molecular flexibility index (Phi) is 6.75. The maximum atomic E-state index is 12.2. The average Bonchev–Trinajstić information content (AvgIpc) is 3.22. The molecule has 0 aliphatic heterocycles. The lowest BCUT2D eigenvalue weighted by Gasteiger charge is -2.11. The minimum atomic E-state index is -0.923. The van der Waals surface area contributed by atoms with Gasteiger partial charge in [-0.05, 0) is 62.8 Å². The molecule has 0 amide bonds. The van der Waals surface area contributed by atoms with Crippen LogP contribution in [0.5, 0.6) is 0 Å². The Labute approximate surface area is 179 Å². The zero-order valence-electron chi connectivity index (χ0n) is 17.3. The van der Waals surface area contributed by atoms with Crippen LogP contribution in [-0.2, 0) is 27.1 Å². The largest absolute Gasteiger partial charge is 0.478 e. The quantitative estimate of drug-likeness (QED) is 0.311. The minimum Gasteiger partial charge on any atom is -0.478 e. The van der Waals surface area contributed by atoms with E-state index in [1.807, 2.05) is 30.6 Å². The highest BCUT2D eigenvalue weighted by Crippen LogP contribution is 2.38. The van der Waals surface area contributed by atoms with Gasteiger partial charge in [-0.3, -0.25) is 0 Å². The number of hydrogen-bond acceptors (Lipinski definition) is 6. The summed E-state index contributed by atoms with van der Waals surface area (Å²) in [5, 5.41) is 20.0. The first kappa shape index (κ1) is 21.8. The van der Waals surface area contributed by atoms with Gasteiger partial charge in [0.25, 0.3) is 0 Å². The summed E-state index contributed by atoms with van der Waals surface area (Å²) in [5.41, 5.74) is 3.48. The molecule has 1 aliphatic rings. The predicted molar refractivity (Wildman–Crippen MR) is 113 cm³/mol. The van der Waals surface area contributed by atoms with Crippen LogP contribution in [-0.4, -0.2) is 41.9 Å². The fourth-order valence-corrected chi connectivity index (χ4v) is 5.26. The van der Waals surface area contributed by atoms with Crippen molar-refractivity contribution in [2.45, 2.75) is 39.5 Å². The second-order valence-corrected chi connectivity index (χ2v) is 8.24. The molecule has 0 atom stereocenters. The van der Waals surface area contributed by atoms with Crippen LogP contribution in [0.2, 0.25) is 0 Å². The number of thiophene rings is 1. The lowest BCUT2D eigenvalue weighted by atomic mass is 9.95. The zero-order valence-corrected chi connectivity index (χ0v) is 18.1. The number of carboxylic acid groups (broad SMARTS) is 1. The van der Waals surface area contributed by atoms with Gasteiger partial charge in [0.2, 0.25) is 0 Å². The van der Waals surface area contributed by atoms with Gasteiger partial charge in [0.1, 0.15) is 23.3 Å². The highest BCUT2D eigenvalue weighted by Gasteiger charge is 2.27. The number of rotatable bonds is 7. The Morgan fingerprint density at radius 1 is 1.30 bits per heavy atom. The molecule has 0 aromatic carbocycles. The summed E-state index contributed by atoms with van der Waals surface area (Å²) >= 11 is 1.52. The minimum absolute atomic E-state index is 0.0656. The maximum absolute atomic E-state index is 12.2. The molecule has 30 heavy (non-hydrogen) atoms. The Bertz CT molecular complexity index is 1050. The van der Waals surface area contributed by atoms with E-state index in [1.54, 1.807) is 0 Å². The Morgan fingerprint density at radius 3 is 2.70 bits per heavy atom. The smallest absolute Gasteiger partial charge is 0.348 e. The number of nitrogens with zero attached hydrogens (tertiary/aromatic N) is 2. The van der Waals surface area contributed by atoms with Crippen LogP contribution in [0.15, 0.2) is 11.6 Å². The first-order valence-electron chi connectivity index (χ1n) is 9.74. The molecule has 0 saturated carbocycles. The molecule has 3 rings (SSSR count). The number of carbonyl (C=O) groups excluding carboxylic acids is 1. The topological polar surface area (TPSA) is 102 Å². The zero-order chi connectivity index (χ0) is 21.8. The number of ether oxygens (including phenoxy) is 2. The number of hydrogen-bond donors (Lipinski definition) is 1. The van der Waals surface area contributed by atoms with E-state index < -0.39 is 11.9 Å². The van der Waals surface area contributed by atoms with Crippen molar-refractivity contribution in [3.8, 4) is 11.1 Å². The van der Waals surface area contributed by atoms with E-state index in [9.17, 15) is 20.0 Å². The van der Waals surface area contributed by atoms with Crippen LogP contribution in [0.4, 0.5) is 0 Å². The molecule has 158 valence electrons. The molecule has 0 fully saturated rings. The van der Waals surface area contributed by atoms with Crippen LogP contribution in [0.1, 0.15) is 50.6 Å². The van der Waals surface area contributed by atoms with Crippen LogP contribution in [0.3, 0.4) is 0 Å². The summed E-state index contributed by atoms with van der Waals surface area (Å²) in [7, 11) is 1.50. The van der Waals surface area contributed by atoms with Crippen molar-refractivity contribution in [2.24, 2.45) is 0 Å². The summed E-state index contributed by atoms with van der Waals surface area (Å²) in [6.45, 7) is 4.06. The molecule has 0 radical (unpaired) electrons. The molecule has 0 saturated heterocycles. The van der Waals surface area contributed by atoms with Crippen LogP contribution < -0.4 is 0 Å². The van der Waals surface area contributed by atoms with E-state index in [0.29, 0.717) is 16.1 Å². The van der Waals surface area contributed by atoms with Crippen molar-refractivity contribution in [1.29, 1.82) is 5.26 Å². The number of carbonyl (C=O) groups is 2. The molecule has 0 unspecified atom stereocenters. The van der Waals surface area contributed by atoms with Gasteiger partial charge >= 0.3 is 11.9 Å². The number of carboxylic acids is 1. The van der Waals surface area contributed by atoms with Crippen molar-refractivity contribution in [2.75, 3.05) is 20.3 Å². The summed E-state index contributed by atoms with van der Waals surface area (Å²) < 4.78 is 11.8. The van der Waals surface area contributed by atoms with E-state index in [4.69, 9.17) is 9.47 Å². The van der Waals surface area contributed by atoms with E-state index in [2.05, 4.69) is 0 Å². The average molecular weight is 429 g/mol. The molecule has 8 heteroatoms. The summed E-state index contributed by atoms with van der Waals surface area (Å²) in [6, 6.07) is 3.73. The standard InChI is InChI=1S/C22H24N2O5S/c1-13-10-15(11-16(12-23)22(27)29-9-8-28-3)14(2)24(13)20-19(21(25)26)17-6-4-5-7-18(17)30-20/h10-11H,4-9H2,1-3H3,(H,25,26)/b16-11+. The van der Waals surface area contributed by atoms with Gasteiger partial charge in [-0.15, -0.1) is 11.3 Å². The number of aromatic carboxylic acids is 1. The maximum Gasteiger partial charge on any atom is 0.348 e. The number of nitriles is 1. The van der Waals surface area contributed by atoms with Gasteiger partial charge in [0, 0.05) is 23.4 Å². The summed E-state index contributed by atoms with van der Waals surface area (Å²) in [6.07, 6.45) is 5.24. The van der Waals surface area contributed by atoms with Gasteiger partial charge in [-0.2, -0.15) is 5.26 Å². The Hall–Kier alpha value is -2.89. The number of fused-ring (bicyclic) bond motifs is 1. The summed E-state index contributed by atoms with van der Waals surface area (Å²) in [4.78, 5) is 25.4. The lowest BCUT2D eigenvalue weighted by Crippen LogP contribution is -2.11. The highest BCUT2D eigenvalue weighted by atomic mass is 32.1. The summed E-state index contributed by atoms with van der Waals surface area (Å²) in [5.74, 6) is -1.63. The molecule has 1 N–H and O–H groups in total. The number of aromatic nitrogens is 1. The van der Waals surface area contributed by atoms with E-state index in [0.717, 1.165) is 47.5 Å². The molecule has 7 nitrogen and oxygen atoms in total. The van der Waals surface area contributed by atoms with E-state index in [1.165, 1.54) is 24.5 Å². The monoisotopic (exact) mass is 428 g/mol. The molecule has 2 aromatic heterocycles. The molecular formula is C22H24N2O5S. The van der Waals surface area contributed by atoms with Crippen molar-refractivity contribution in [1.82, 2.24) is 4.57 Å². The third kappa shape index (κ3) is 4.18. The number of aryl methyl sites for hydroxylation is 2. The molecule has 2 aromatic rings. The normalized spacial score (nSPS) is 13.6. The third-order valence-electron chi connectivity index (χ3n) is 5.20. The van der Waals surface area contributed by atoms with Gasteiger partial charge in [0.05, 0.1) is 12.2 Å². The van der Waals surface area contributed by atoms with Crippen molar-refractivity contribution in [3.05, 3.63) is 44.6 Å². The SMILES string of the molecule is COCCOC(=O)/C(C#N)=C/c1cc(C)n(-c2sc3c(c2C(=O)O)CCCC3)c1C. The van der Waals surface area contributed by atoms with Crippen LogP contribution in [0, 0.1) is 25.2 Å². The van der Waals surface area contributed by atoms with Crippen LogP contribution >= 0.6 is 11.3 Å².